The van der Waals surface area contributed by atoms with E-state index < -0.39 is 0 Å². The van der Waals surface area contributed by atoms with E-state index in [9.17, 15) is 4.79 Å². The smallest absolute Gasteiger partial charge is 0.174 e. The molecule has 5 nitrogen and oxygen atoms in total. The van der Waals surface area contributed by atoms with Gasteiger partial charge >= 0.3 is 0 Å². The van der Waals surface area contributed by atoms with Crippen molar-refractivity contribution in [1.29, 1.82) is 0 Å². The second-order valence-corrected chi connectivity index (χ2v) is 4.91. The van der Waals surface area contributed by atoms with Gasteiger partial charge in [-0.25, -0.2) is 0 Å². The first-order valence-corrected chi connectivity index (χ1v) is 6.72. The minimum atomic E-state index is -0.0384. The molecule has 0 atom stereocenters. The van der Waals surface area contributed by atoms with Crippen LogP contribution in [0.3, 0.4) is 0 Å². The van der Waals surface area contributed by atoms with Crippen LogP contribution in [0.25, 0.3) is 0 Å². The highest BCUT2D eigenvalue weighted by molar-refractivity contribution is 6.02. The zero-order valence-electron chi connectivity index (χ0n) is 13.1. The predicted octanol–water partition coefficient (Wildman–Crippen LogP) is 2.48. The van der Waals surface area contributed by atoms with Gasteiger partial charge in [0.25, 0.3) is 0 Å². The molecule has 0 radical (unpaired) electrons. The second-order valence-electron chi connectivity index (χ2n) is 4.91. The van der Waals surface area contributed by atoms with Gasteiger partial charge in [-0.2, -0.15) is 5.10 Å². The minimum Gasteiger partial charge on any atom is -0.496 e. The highest BCUT2D eigenvalue weighted by Crippen LogP contribution is 2.30. The molecular formula is C16H20N2O3. The number of ketones is 1. The van der Waals surface area contributed by atoms with Gasteiger partial charge in [0.1, 0.15) is 17.1 Å². The SMILES string of the molecule is COc1cccc(OC)c1C(=O)Cc1c(C)nn(C)c1C. The maximum Gasteiger partial charge on any atom is 0.174 e. The van der Waals surface area contributed by atoms with E-state index in [4.69, 9.17) is 9.47 Å². The van der Waals surface area contributed by atoms with Crippen LogP contribution in [0.4, 0.5) is 0 Å². The topological polar surface area (TPSA) is 53.4 Å². The molecule has 0 aliphatic rings. The van der Waals surface area contributed by atoms with Crippen molar-refractivity contribution < 1.29 is 14.3 Å². The summed E-state index contributed by atoms with van der Waals surface area (Å²) in [4.78, 5) is 12.7. The molecule has 0 N–H and O–H groups in total. The molecule has 0 saturated carbocycles. The molecule has 2 aromatic rings. The summed E-state index contributed by atoms with van der Waals surface area (Å²) in [5, 5.41) is 4.34. The minimum absolute atomic E-state index is 0.0384. The Bertz CT molecular complexity index is 652. The molecule has 0 unspecified atom stereocenters. The maximum absolute atomic E-state index is 12.7. The lowest BCUT2D eigenvalue weighted by molar-refractivity contribution is 0.0986. The van der Waals surface area contributed by atoms with Crippen molar-refractivity contribution in [2.75, 3.05) is 14.2 Å². The Balaban J connectivity index is 2.41. The molecule has 0 spiro atoms. The van der Waals surface area contributed by atoms with Gasteiger partial charge in [-0.1, -0.05) is 6.07 Å². The van der Waals surface area contributed by atoms with Gasteiger partial charge in [-0.3, -0.25) is 9.48 Å². The van der Waals surface area contributed by atoms with Crippen LogP contribution in [0.15, 0.2) is 18.2 Å². The third-order valence-electron chi connectivity index (χ3n) is 3.70. The molecule has 0 aliphatic carbocycles. The first kappa shape index (κ1) is 15.1. The first-order chi connectivity index (χ1) is 9.99. The van der Waals surface area contributed by atoms with Crippen molar-refractivity contribution in [3.05, 3.63) is 40.7 Å². The van der Waals surface area contributed by atoms with Crippen LogP contribution < -0.4 is 9.47 Å². The van der Waals surface area contributed by atoms with Gasteiger partial charge in [-0.15, -0.1) is 0 Å². The fourth-order valence-electron chi connectivity index (χ4n) is 2.45. The molecule has 5 heteroatoms. The van der Waals surface area contributed by atoms with Crippen LogP contribution in [0, 0.1) is 13.8 Å². The van der Waals surface area contributed by atoms with Crippen molar-refractivity contribution in [2.45, 2.75) is 20.3 Å². The van der Waals surface area contributed by atoms with E-state index in [2.05, 4.69) is 5.10 Å². The third kappa shape index (κ3) is 2.77. The average Bonchev–Trinajstić information content (AvgIpc) is 2.72. The number of carbonyl (C=O) groups is 1. The summed E-state index contributed by atoms with van der Waals surface area (Å²) < 4.78 is 12.4. The Hall–Kier alpha value is -2.30. The van der Waals surface area contributed by atoms with E-state index in [-0.39, 0.29) is 12.2 Å². The Morgan fingerprint density at radius 1 is 1.19 bits per heavy atom. The molecule has 1 aromatic heterocycles. The lowest BCUT2D eigenvalue weighted by Crippen LogP contribution is -2.09. The Morgan fingerprint density at radius 2 is 1.76 bits per heavy atom. The largest absolute Gasteiger partial charge is 0.496 e. The number of hydrogen-bond donors (Lipinski definition) is 0. The first-order valence-electron chi connectivity index (χ1n) is 6.72. The average molecular weight is 288 g/mol. The molecule has 0 fully saturated rings. The summed E-state index contributed by atoms with van der Waals surface area (Å²) >= 11 is 0. The van der Waals surface area contributed by atoms with Gasteiger partial charge in [-0.05, 0) is 26.0 Å². The van der Waals surface area contributed by atoms with Crippen molar-refractivity contribution >= 4 is 5.78 Å². The Kier molecular flexibility index (Phi) is 4.31. The number of benzene rings is 1. The van der Waals surface area contributed by atoms with Gasteiger partial charge in [0.05, 0.1) is 19.9 Å². The third-order valence-corrected chi connectivity index (χ3v) is 3.70. The number of nitrogens with zero attached hydrogens (tertiary/aromatic N) is 2. The summed E-state index contributed by atoms with van der Waals surface area (Å²) in [5.41, 5.74) is 3.30. The summed E-state index contributed by atoms with van der Waals surface area (Å²) in [6.45, 7) is 3.87. The number of aryl methyl sites for hydroxylation is 2. The molecule has 21 heavy (non-hydrogen) atoms. The molecule has 0 bridgehead atoms. The van der Waals surface area contributed by atoms with Gasteiger partial charge in [0, 0.05) is 24.7 Å². The number of aromatic nitrogens is 2. The zero-order chi connectivity index (χ0) is 15.6. The van der Waals surface area contributed by atoms with Crippen molar-refractivity contribution in [3.63, 3.8) is 0 Å². The van der Waals surface area contributed by atoms with E-state index in [0.717, 1.165) is 17.0 Å². The van der Waals surface area contributed by atoms with Crippen LogP contribution >= 0.6 is 0 Å². The standard InChI is InChI=1S/C16H20N2O3/c1-10-12(11(2)18(3)17-10)9-13(19)16-14(20-4)7-6-8-15(16)21-5/h6-8H,9H2,1-5H3. The quantitative estimate of drug-likeness (QED) is 0.793. The van der Waals surface area contributed by atoms with E-state index in [0.29, 0.717) is 17.1 Å². The molecular weight excluding hydrogens is 268 g/mol. The molecule has 1 heterocycles. The Morgan fingerprint density at radius 3 is 2.19 bits per heavy atom. The number of hydrogen-bond acceptors (Lipinski definition) is 4. The number of ether oxygens (including phenoxy) is 2. The van der Waals surface area contributed by atoms with Gasteiger partial charge in [0.2, 0.25) is 0 Å². The lowest BCUT2D eigenvalue weighted by atomic mass is 10.00. The summed E-state index contributed by atoms with van der Waals surface area (Å²) in [6.07, 6.45) is 0.280. The van der Waals surface area contributed by atoms with Crippen LogP contribution in [0.2, 0.25) is 0 Å². The number of methoxy groups -OCH3 is 2. The molecule has 0 aliphatic heterocycles. The number of Topliss-reactive ketones (excluding diaryl/α,β-unsaturated/α-hetero) is 1. The normalized spacial score (nSPS) is 10.5. The monoisotopic (exact) mass is 288 g/mol. The molecule has 112 valence electrons. The molecule has 0 amide bonds. The lowest BCUT2D eigenvalue weighted by Gasteiger charge is -2.12. The predicted molar refractivity (Wildman–Crippen MR) is 80.3 cm³/mol. The number of carbonyl (C=O) groups excluding carboxylic acids is 1. The maximum atomic E-state index is 12.7. The van der Waals surface area contributed by atoms with Crippen LogP contribution in [0.5, 0.6) is 11.5 Å². The van der Waals surface area contributed by atoms with Crippen LogP contribution in [-0.2, 0) is 13.5 Å². The fraction of sp³-hybridized carbons (Fsp3) is 0.375. The fourth-order valence-corrected chi connectivity index (χ4v) is 2.45. The van der Waals surface area contributed by atoms with E-state index >= 15 is 0 Å². The van der Waals surface area contributed by atoms with E-state index in [1.54, 1.807) is 37.1 Å². The van der Waals surface area contributed by atoms with Crippen molar-refractivity contribution in [2.24, 2.45) is 7.05 Å². The van der Waals surface area contributed by atoms with Crippen LogP contribution in [0.1, 0.15) is 27.3 Å². The van der Waals surface area contributed by atoms with Gasteiger partial charge < -0.3 is 9.47 Å². The summed E-state index contributed by atoms with van der Waals surface area (Å²) in [7, 11) is 4.97. The Labute approximate surface area is 124 Å². The van der Waals surface area contributed by atoms with E-state index in [1.807, 2.05) is 20.9 Å². The van der Waals surface area contributed by atoms with Crippen molar-refractivity contribution in [3.8, 4) is 11.5 Å². The van der Waals surface area contributed by atoms with E-state index in [1.165, 1.54) is 0 Å². The van der Waals surface area contributed by atoms with Crippen molar-refractivity contribution in [1.82, 2.24) is 9.78 Å². The highest BCUT2D eigenvalue weighted by Gasteiger charge is 2.21. The van der Waals surface area contributed by atoms with Gasteiger partial charge in [0.15, 0.2) is 5.78 Å². The zero-order valence-corrected chi connectivity index (χ0v) is 13.1. The molecule has 2 rings (SSSR count). The highest BCUT2D eigenvalue weighted by atomic mass is 16.5. The number of rotatable bonds is 5. The molecule has 1 aromatic carbocycles. The molecule has 0 saturated heterocycles. The van der Waals surface area contributed by atoms with Crippen LogP contribution in [-0.4, -0.2) is 29.8 Å². The second kappa shape index (κ2) is 5.99. The summed E-state index contributed by atoms with van der Waals surface area (Å²) in [5.74, 6) is 1.01. The summed E-state index contributed by atoms with van der Waals surface area (Å²) in [6, 6.07) is 5.33.